The van der Waals surface area contributed by atoms with Crippen molar-refractivity contribution in [1.82, 2.24) is 29.5 Å². The molecule has 0 fully saturated rings. The standard InChI is InChI=1S/C21H24N8OS/c1-4-28(3)13-19(30)23-15-5-7-16(8-6-15)31-20-12-18-22-9-10-29(18)21(25-20)24-17-11-14(2)26-27-17/h5-12H,4,13H2,1-3H3,(H,23,30)(H2,24,25,26,27). The lowest BCUT2D eigenvalue weighted by Gasteiger charge is -2.13. The highest BCUT2D eigenvalue weighted by Crippen LogP contribution is 2.29. The van der Waals surface area contributed by atoms with Crippen LogP contribution in [-0.2, 0) is 4.79 Å². The minimum Gasteiger partial charge on any atom is -0.325 e. The van der Waals surface area contributed by atoms with Crippen LogP contribution in [0, 0.1) is 6.92 Å². The molecule has 3 aromatic heterocycles. The maximum Gasteiger partial charge on any atom is 0.238 e. The summed E-state index contributed by atoms with van der Waals surface area (Å²) in [6.45, 7) is 5.16. The average molecular weight is 437 g/mol. The molecule has 0 aliphatic heterocycles. The maximum atomic E-state index is 12.1. The fourth-order valence-electron chi connectivity index (χ4n) is 2.92. The van der Waals surface area contributed by atoms with E-state index in [-0.39, 0.29) is 5.91 Å². The molecule has 3 N–H and O–H groups in total. The van der Waals surface area contributed by atoms with Crippen LogP contribution in [0.2, 0.25) is 0 Å². The zero-order valence-corrected chi connectivity index (χ0v) is 18.4. The summed E-state index contributed by atoms with van der Waals surface area (Å²) in [5, 5.41) is 14.1. The van der Waals surface area contributed by atoms with Gasteiger partial charge < -0.3 is 10.6 Å². The topological polar surface area (TPSA) is 103 Å². The summed E-state index contributed by atoms with van der Waals surface area (Å²) in [7, 11) is 1.92. The number of rotatable bonds is 8. The molecule has 31 heavy (non-hydrogen) atoms. The molecule has 0 bridgehead atoms. The van der Waals surface area contributed by atoms with E-state index in [4.69, 9.17) is 4.98 Å². The molecule has 0 spiro atoms. The van der Waals surface area contributed by atoms with Crippen molar-refractivity contribution >= 4 is 40.8 Å². The second-order valence-corrected chi connectivity index (χ2v) is 8.23. The number of hydrogen-bond acceptors (Lipinski definition) is 7. The highest BCUT2D eigenvalue weighted by atomic mass is 32.2. The van der Waals surface area contributed by atoms with Crippen molar-refractivity contribution in [2.75, 3.05) is 30.8 Å². The molecule has 0 aliphatic rings. The van der Waals surface area contributed by atoms with Crippen LogP contribution in [0.1, 0.15) is 12.6 Å². The Labute approximate surface area is 184 Å². The lowest BCUT2D eigenvalue weighted by Crippen LogP contribution is -2.29. The first kappa shape index (κ1) is 20.9. The average Bonchev–Trinajstić information content (AvgIpc) is 3.38. The van der Waals surface area contributed by atoms with Gasteiger partial charge >= 0.3 is 0 Å². The van der Waals surface area contributed by atoms with Crippen LogP contribution in [0.15, 0.2) is 58.7 Å². The zero-order valence-electron chi connectivity index (χ0n) is 17.6. The Hall–Kier alpha value is -3.37. The molecule has 1 aromatic carbocycles. The fraction of sp³-hybridized carbons (Fsp3) is 0.238. The highest BCUT2D eigenvalue weighted by Gasteiger charge is 2.10. The van der Waals surface area contributed by atoms with Crippen molar-refractivity contribution in [3.8, 4) is 0 Å². The van der Waals surface area contributed by atoms with E-state index in [1.165, 1.54) is 11.8 Å². The summed E-state index contributed by atoms with van der Waals surface area (Å²) in [5.74, 6) is 1.30. The predicted octanol–water partition coefficient (Wildman–Crippen LogP) is 3.55. The van der Waals surface area contributed by atoms with Crippen molar-refractivity contribution in [2.24, 2.45) is 0 Å². The Bertz CT molecular complexity index is 1180. The molecule has 0 radical (unpaired) electrons. The molecule has 10 heteroatoms. The van der Waals surface area contributed by atoms with Gasteiger partial charge in [0.1, 0.15) is 10.7 Å². The second kappa shape index (κ2) is 9.19. The number of aromatic amines is 1. The number of H-pyrrole nitrogens is 1. The SMILES string of the molecule is CCN(C)CC(=O)Nc1ccc(Sc2cc3nccn3c(Nc3cc(C)[nH]n3)n2)cc1. The number of nitrogens with one attached hydrogen (secondary N) is 3. The summed E-state index contributed by atoms with van der Waals surface area (Å²) < 4.78 is 1.88. The summed E-state index contributed by atoms with van der Waals surface area (Å²) in [6, 6.07) is 11.6. The van der Waals surface area contributed by atoms with E-state index in [0.717, 1.165) is 33.5 Å². The Morgan fingerprint density at radius 2 is 2.06 bits per heavy atom. The number of hydrogen-bond donors (Lipinski definition) is 3. The molecule has 0 saturated heterocycles. The van der Waals surface area contributed by atoms with Gasteiger partial charge in [-0.25, -0.2) is 9.97 Å². The second-order valence-electron chi connectivity index (χ2n) is 7.14. The number of likely N-dealkylation sites (N-methyl/N-ethyl adjacent to an activating group) is 1. The van der Waals surface area contributed by atoms with Crippen molar-refractivity contribution in [3.63, 3.8) is 0 Å². The van der Waals surface area contributed by atoms with Gasteiger partial charge in [0.05, 0.1) is 6.54 Å². The smallest absolute Gasteiger partial charge is 0.238 e. The van der Waals surface area contributed by atoms with E-state index < -0.39 is 0 Å². The quantitative estimate of drug-likeness (QED) is 0.363. The molecule has 160 valence electrons. The van der Waals surface area contributed by atoms with Gasteiger partial charge in [0.25, 0.3) is 0 Å². The van der Waals surface area contributed by atoms with E-state index in [2.05, 4.69) is 25.8 Å². The molecular formula is C21H24N8OS. The predicted molar refractivity (Wildman–Crippen MR) is 122 cm³/mol. The van der Waals surface area contributed by atoms with Crippen molar-refractivity contribution in [2.45, 2.75) is 23.8 Å². The Morgan fingerprint density at radius 1 is 1.26 bits per heavy atom. The zero-order chi connectivity index (χ0) is 21.8. The molecular weight excluding hydrogens is 412 g/mol. The van der Waals surface area contributed by atoms with Gasteiger partial charge in [-0.1, -0.05) is 18.7 Å². The van der Waals surface area contributed by atoms with Crippen molar-refractivity contribution in [1.29, 1.82) is 0 Å². The maximum absolute atomic E-state index is 12.1. The lowest BCUT2D eigenvalue weighted by atomic mass is 10.3. The van der Waals surface area contributed by atoms with Crippen molar-refractivity contribution in [3.05, 3.63) is 54.5 Å². The summed E-state index contributed by atoms with van der Waals surface area (Å²) in [6.07, 6.45) is 3.59. The number of aryl methyl sites for hydroxylation is 1. The summed E-state index contributed by atoms with van der Waals surface area (Å²) in [4.78, 5) is 24.1. The fourth-order valence-corrected chi connectivity index (χ4v) is 3.73. The van der Waals surface area contributed by atoms with Gasteiger partial charge in [-0.3, -0.25) is 19.2 Å². The molecule has 0 aliphatic carbocycles. The first-order valence-corrected chi connectivity index (χ1v) is 10.7. The monoisotopic (exact) mass is 436 g/mol. The van der Waals surface area contributed by atoms with Crippen LogP contribution in [0.3, 0.4) is 0 Å². The number of carbonyl (C=O) groups excluding carboxylic acids is 1. The molecule has 0 unspecified atom stereocenters. The number of aromatic nitrogens is 5. The van der Waals surface area contributed by atoms with Crippen LogP contribution < -0.4 is 10.6 Å². The molecule has 4 rings (SSSR count). The first-order chi connectivity index (χ1) is 15.0. The molecule has 0 atom stereocenters. The van der Waals surface area contributed by atoms with Crippen molar-refractivity contribution < 1.29 is 4.79 Å². The minimum atomic E-state index is -0.0273. The third kappa shape index (κ3) is 5.22. The number of nitrogens with zero attached hydrogens (tertiary/aromatic N) is 5. The summed E-state index contributed by atoms with van der Waals surface area (Å²) in [5.41, 5.74) is 2.52. The highest BCUT2D eigenvalue weighted by molar-refractivity contribution is 7.99. The Morgan fingerprint density at radius 3 is 2.77 bits per heavy atom. The van der Waals surface area contributed by atoms with Crippen LogP contribution in [-0.4, -0.2) is 55.5 Å². The van der Waals surface area contributed by atoms with E-state index in [0.29, 0.717) is 18.3 Å². The number of amides is 1. The summed E-state index contributed by atoms with van der Waals surface area (Å²) >= 11 is 1.52. The van der Waals surface area contributed by atoms with Gasteiger partial charge in [0.15, 0.2) is 5.82 Å². The van der Waals surface area contributed by atoms with Gasteiger partial charge in [-0.15, -0.1) is 0 Å². The van der Waals surface area contributed by atoms with Gasteiger partial charge in [0.2, 0.25) is 11.9 Å². The largest absolute Gasteiger partial charge is 0.325 e. The van der Waals surface area contributed by atoms with Gasteiger partial charge in [-0.2, -0.15) is 5.10 Å². The number of anilines is 3. The number of fused-ring (bicyclic) bond motifs is 1. The van der Waals surface area contributed by atoms with Crippen LogP contribution in [0.25, 0.3) is 5.65 Å². The molecule has 3 heterocycles. The van der Waals surface area contributed by atoms with E-state index in [1.54, 1.807) is 6.20 Å². The normalized spacial score (nSPS) is 11.2. The molecule has 4 aromatic rings. The van der Waals surface area contributed by atoms with E-state index >= 15 is 0 Å². The molecule has 0 saturated carbocycles. The first-order valence-electron chi connectivity index (χ1n) is 9.89. The number of carbonyl (C=O) groups is 1. The van der Waals surface area contributed by atoms with Crippen LogP contribution in [0.4, 0.5) is 17.5 Å². The number of benzene rings is 1. The molecule has 1 amide bonds. The number of imidazole rings is 1. The minimum absolute atomic E-state index is 0.0273. The Balaban J connectivity index is 1.48. The third-order valence-corrected chi connectivity index (χ3v) is 5.55. The van der Waals surface area contributed by atoms with E-state index in [1.807, 2.05) is 72.8 Å². The lowest BCUT2D eigenvalue weighted by molar-refractivity contribution is -0.117. The van der Waals surface area contributed by atoms with Gasteiger partial charge in [0, 0.05) is 40.8 Å². The van der Waals surface area contributed by atoms with Gasteiger partial charge in [-0.05, 0) is 44.8 Å². The molecule has 9 nitrogen and oxygen atoms in total. The van der Waals surface area contributed by atoms with Crippen LogP contribution >= 0.6 is 11.8 Å². The Kier molecular flexibility index (Phi) is 6.19. The van der Waals surface area contributed by atoms with E-state index in [9.17, 15) is 4.79 Å². The van der Waals surface area contributed by atoms with Crippen LogP contribution in [0.5, 0.6) is 0 Å². The third-order valence-electron chi connectivity index (χ3n) is 4.63.